The van der Waals surface area contributed by atoms with Crippen LogP contribution >= 0.6 is 0 Å². The van der Waals surface area contributed by atoms with E-state index in [0.717, 1.165) is 6.42 Å². The molecule has 0 aromatic heterocycles. The zero-order valence-electron chi connectivity index (χ0n) is 9.52. The van der Waals surface area contributed by atoms with Crippen LogP contribution in [0, 0.1) is 11.3 Å². The summed E-state index contributed by atoms with van der Waals surface area (Å²) in [5.41, 5.74) is 0.115. The number of rotatable bonds is 6. The second kappa shape index (κ2) is 5.38. The van der Waals surface area contributed by atoms with E-state index in [0.29, 0.717) is 12.3 Å². The third-order valence-electron chi connectivity index (χ3n) is 1.94. The number of ketones is 1. The van der Waals surface area contributed by atoms with E-state index in [1.165, 1.54) is 0 Å². The van der Waals surface area contributed by atoms with Crippen LogP contribution in [0.2, 0.25) is 0 Å². The molecule has 0 amide bonds. The van der Waals surface area contributed by atoms with E-state index in [1.807, 2.05) is 0 Å². The zero-order chi connectivity index (χ0) is 10.5. The van der Waals surface area contributed by atoms with E-state index in [1.54, 1.807) is 7.11 Å². The number of Topliss-reactive ketones (excluding diaryl/α,β-unsaturated/α-hetero) is 1. The summed E-state index contributed by atoms with van der Waals surface area (Å²) >= 11 is 0. The van der Waals surface area contributed by atoms with Gasteiger partial charge in [-0.05, 0) is 17.8 Å². The van der Waals surface area contributed by atoms with Gasteiger partial charge in [0.05, 0.1) is 0 Å². The number of carbonyl (C=O) groups is 1. The average molecular weight is 186 g/mol. The van der Waals surface area contributed by atoms with Gasteiger partial charge in [0, 0.05) is 13.5 Å². The second-order valence-electron chi connectivity index (χ2n) is 4.91. The smallest absolute Gasteiger partial charge is 0.158 e. The summed E-state index contributed by atoms with van der Waals surface area (Å²) < 4.78 is 4.80. The second-order valence-corrected chi connectivity index (χ2v) is 4.91. The van der Waals surface area contributed by atoms with Gasteiger partial charge in [-0.2, -0.15) is 0 Å². The van der Waals surface area contributed by atoms with Crippen LogP contribution in [0.3, 0.4) is 0 Å². The summed E-state index contributed by atoms with van der Waals surface area (Å²) in [7, 11) is 1.56. The summed E-state index contributed by atoms with van der Waals surface area (Å²) in [6.07, 6.45) is 1.71. The van der Waals surface area contributed by atoms with Crippen molar-refractivity contribution in [1.29, 1.82) is 0 Å². The van der Waals surface area contributed by atoms with E-state index in [-0.39, 0.29) is 17.8 Å². The van der Waals surface area contributed by atoms with E-state index in [9.17, 15) is 4.79 Å². The van der Waals surface area contributed by atoms with Crippen molar-refractivity contribution >= 4 is 5.78 Å². The van der Waals surface area contributed by atoms with Crippen molar-refractivity contribution in [3.8, 4) is 0 Å². The predicted molar refractivity (Wildman–Crippen MR) is 54.7 cm³/mol. The van der Waals surface area contributed by atoms with E-state index in [2.05, 4.69) is 27.7 Å². The predicted octanol–water partition coefficient (Wildman–Crippen LogP) is 2.66. The van der Waals surface area contributed by atoms with Crippen LogP contribution in [0.4, 0.5) is 0 Å². The molecule has 78 valence electrons. The van der Waals surface area contributed by atoms with Crippen LogP contribution in [0.25, 0.3) is 0 Å². The fourth-order valence-corrected chi connectivity index (χ4v) is 1.92. The van der Waals surface area contributed by atoms with Crippen LogP contribution in [0.5, 0.6) is 0 Å². The molecule has 0 saturated heterocycles. The number of hydrogen-bond acceptors (Lipinski definition) is 2. The Morgan fingerprint density at radius 3 is 2.31 bits per heavy atom. The molecule has 2 nitrogen and oxygen atoms in total. The summed E-state index contributed by atoms with van der Waals surface area (Å²) in [5.74, 6) is 0.846. The number of hydrogen-bond donors (Lipinski definition) is 0. The maximum absolute atomic E-state index is 11.3. The lowest BCUT2D eigenvalue weighted by molar-refractivity contribution is -0.124. The van der Waals surface area contributed by atoms with E-state index < -0.39 is 0 Å². The highest BCUT2D eigenvalue weighted by Gasteiger charge is 2.22. The molecular weight excluding hydrogens is 164 g/mol. The lowest BCUT2D eigenvalue weighted by Crippen LogP contribution is -2.21. The van der Waals surface area contributed by atoms with Gasteiger partial charge >= 0.3 is 0 Å². The molecule has 0 aliphatic heterocycles. The third kappa shape index (κ3) is 6.76. The van der Waals surface area contributed by atoms with Gasteiger partial charge in [0.1, 0.15) is 6.61 Å². The normalized spacial score (nSPS) is 12.2. The summed E-state index contributed by atoms with van der Waals surface area (Å²) in [6.45, 7) is 8.90. The van der Waals surface area contributed by atoms with Gasteiger partial charge in [0.15, 0.2) is 5.78 Å². The highest BCUT2D eigenvalue weighted by atomic mass is 16.5. The summed E-state index contributed by atoms with van der Waals surface area (Å²) in [5, 5.41) is 0. The minimum absolute atomic E-state index is 0.115. The Kier molecular flexibility index (Phi) is 5.23. The SMILES string of the molecule is COCC(=O)CC(C)(C)CC(C)C. The highest BCUT2D eigenvalue weighted by molar-refractivity contribution is 5.80. The Morgan fingerprint density at radius 2 is 1.92 bits per heavy atom. The van der Waals surface area contributed by atoms with Crippen LogP contribution < -0.4 is 0 Å². The molecule has 0 aromatic carbocycles. The first-order valence-electron chi connectivity index (χ1n) is 4.88. The monoisotopic (exact) mass is 186 g/mol. The minimum atomic E-state index is 0.115. The maximum Gasteiger partial charge on any atom is 0.158 e. The van der Waals surface area contributed by atoms with Crippen LogP contribution in [-0.4, -0.2) is 19.5 Å². The first-order chi connectivity index (χ1) is 5.87. The molecular formula is C11H22O2. The molecule has 0 unspecified atom stereocenters. The topological polar surface area (TPSA) is 26.3 Å². The molecule has 0 fully saturated rings. The molecule has 0 rings (SSSR count). The number of methoxy groups -OCH3 is 1. The summed E-state index contributed by atoms with van der Waals surface area (Å²) in [6, 6.07) is 0. The Hall–Kier alpha value is -0.370. The van der Waals surface area contributed by atoms with E-state index in [4.69, 9.17) is 4.74 Å². The van der Waals surface area contributed by atoms with Crippen molar-refractivity contribution in [2.75, 3.05) is 13.7 Å². The van der Waals surface area contributed by atoms with Crippen molar-refractivity contribution in [2.45, 2.75) is 40.5 Å². The van der Waals surface area contributed by atoms with Crippen molar-refractivity contribution in [3.05, 3.63) is 0 Å². The molecule has 0 N–H and O–H groups in total. The third-order valence-corrected chi connectivity index (χ3v) is 1.94. The van der Waals surface area contributed by atoms with Crippen molar-refractivity contribution in [2.24, 2.45) is 11.3 Å². The Labute approximate surface area is 81.7 Å². The average Bonchev–Trinajstić information content (AvgIpc) is 1.81. The Bertz CT molecular complexity index is 159. The van der Waals surface area contributed by atoms with Crippen molar-refractivity contribution in [1.82, 2.24) is 0 Å². The number of ether oxygens (including phenoxy) is 1. The van der Waals surface area contributed by atoms with Gasteiger partial charge in [-0.25, -0.2) is 0 Å². The molecule has 13 heavy (non-hydrogen) atoms. The standard InChI is InChI=1S/C11H22O2/c1-9(2)6-11(3,4)7-10(12)8-13-5/h9H,6-8H2,1-5H3. The molecule has 0 heterocycles. The molecule has 0 bridgehead atoms. The molecule has 0 saturated carbocycles. The largest absolute Gasteiger partial charge is 0.377 e. The molecule has 0 aromatic rings. The fourth-order valence-electron chi connectivity index (χ4n) is 1.92. The molecule has 0 spiro atoms. The Morgan fingerprint density at radius 1 is 1.38 bits per heavy atom. The lowest BCUT2D eigenvalue weighted by Gasteiger charge is -2.25. The van der Waals surface area contributed by atoms with E-state index >= 15 is 0 Å². The van der Waals surface area contributed by atoms with Crippen LogP contribution in [0.1, 0.15) is 40.5 Å². The first kappa shape index (κ1) is 12.6. The van der Waals surface area contributed by atoms with Crippen LogP contribution in [-0.2, 0) is 9.53 Å². The highest BCUT2D eigenvalue weighted by Crippen LogP contribution is 2.29. The molecule has 0 aliphatic rings. The zero-order valence-corrected chi connectivity index (χ0v) is 9.52. The van der Waals surface area contributed by atoms with Crippen LogP contribution in [0.15, 0.2) is 0 Å². The van der Waals surface area contributed by atoms with Gasteiger partial charge in [-0.1, -0.05) is 27.7 Å². The van der Waals surface area contributed by atoms with Gasteiger partial charge in [-0.15, -0.1) is 0 Å². The van der Waals surface area contributed by atoms with Gasteiger partial charge in [0.25, 0.3) is 0 Å². The van der Waals surface area contributed by atoms with Crippen molar-refractivity contribution < 1.29 is 9.53 Å². The molecule has 0 aliphatic carbocycles. The lowest BCUT2D eigenvalue weighted by atomic mass is 9.80. The summed E-state index contributed by atoms with van der Waals surface area (Å²) in [4.78, 5) is 11.3. The van der Waals surface area contributed by atoms with Crippen molar-refractivity contribution in [3.63, 3.8) is 0 Å². The minimum Gasteiger partial charge on any atom is -0.377 e. The molecule has 0 radical (unpaired) electrons. The van der Waals surface area contributed by atoms with Gasteiger partial charge in [0.2, 0.25) is 0 Å². The molecule has 2 heteroatoms. The van der Waals surface area contributed by atoms with Gasteiger partial charge < -0.3 is 4.74 Å². The molecule has 0 atom stereocenters. The maximum atomic E-state index is 11.3. The first-order valence-corrected chi connectivity index (χ1v) is 4.88. The fraction of sp³-hybridized carbons (Fsp3) is 0.909. The quantitative estimate of drug-likeness (QED) is 0.637. The van der Waals surface area contributed by atoms with Gasteiger partial charge in [-0.3, -0.25) is 4.79 Å². The Balaban J connectivity index is 3.93. The number of carbonyl (C=O) groups excluding carboxylic acids is 1.